The van der Waals surface area contributed by atoms with E-state index in [4.69, 9.17) is 0 Å². The molecular weight excluding hydrogens is 478 g/mol. The third-order valence-electron chi connectivity index (χ3n) is 6.33. The first kappa shape index (κ1) is 23.2. The zero-order valence-corrected chi connectivity index (χ0v) is 18.2. The third kappa shape index (κ3) is 4.10. The van der Waals surface area contributed by atoms with Crippen LogP contribution in [0.2, 0.25) is 0 Å². The van der Waals surface area contributed by atoms with Crippen molar-refractivity contribution in [2.24, 2.45) is 7.05 Å². The maximum atomic E-state index is 13.9. The second kappa shape index (κ2) is 8.28. The number of benzene rings is 1. The molecule has 12 heteroatoms. The van der Waals surface area contributed by atoms with Crippen molar-refractivity contribution >= 4 is 5.91 Å². The van der Waals surface area contributed by atoms with Crippen LogP contribution < -0.4 is 4.74 Å². The molecule has 5 rings (SSSR count). The van der Waals surface area contributed by atoms with Gasteiger partial charge >= 0.3 is 6.36 Å². The van der Waals surface area contributed by atoms with Gasteiger partial charge in [0.05, 0.1) is 17.4 Å². The van der Waals surface area contributed by atoms with E-state index in [1.54, 1.807) is 11.9 Å². The van der Waals surface area contributed by atoms with E-state index in [0.29, 0.717) is 36.2 Å². The fourth-order valence-electron chi connectivity index (χ4n) is 5.04. The number of ether oxygens (including phenoxy) is 1. The lowest BCUT2D eigenvalue weighted by Gasteiger charge is -2.45. The first-order chi connectivity index (χ1) is 16.5. The first-order valence-corrected chi connectivity index (χ1v) is 10.8. The largest absolute Gasteiger partial charge is 0.574 e. The fourth-order valence-corrected chi connectivity index (χ4v) is 5.04. The molecule has 0 saturated carbocycles. The normalized spacial score (nSPS) is 19.5. The molecule has 2 aromatic heterocycles. The molecule has 1 amide bonds. The van der Waals surface area contributed by atoms with Crippen LogP contribution in [-0.4, -0.2) is 38.0 Å². The maximum Gasteiger partial charge on any atom is 0.574 e. The molecule has 35 heavy (non-hydrogen) atoms. The molecule has 4 heterocycles. The number of aromatic nitrogens is 3. The number of pyridine rings is 1. The number of aryl methyl sites for hydroxylation is 1. The van der Waals surface area contributed by atoms with Crippen LogP contribution in [0.1, 0.15) is 47.1 Å². The van der Waals surface area contributed by atoms with Crippen molar-refractivity contribution < 1.29 is 35.9 Å². The second-order valence-electron chi connectivity index (χ2n) is 8.52. The van der Waals surface area contributed by atoms with Gasteiger partial charge in [-0.15, -0.1) is 13.2 Å². The van der Waals surface area contributed by atoms with Gasteiger partial charge in [0.15, 0.2) is 17.5 Å². The number of alkyl halides is 3. The summed E-state index contributed by atoms with van der Waals surface area (Å²) in [6, 6.07) is 4.53. The standard InChI is InChI=1S/C23H18F6N4O2/c1-32-21(11-8-14(24)19(26)15(25)9-11)13-10-12-4-2-6-17(20(13)31-32)33(12)22(34)16-5-3-7-18(30-16)35-23(27,28)29/h3,5,7-9,12,17H,2,4,6,10H2,1H3. The van der Waals surface area contributed by atoms with Gasteiger partial charge in [-0.25, -0.2) is 18.2 Å². The topological polar surface area (TPSA) is 60.2 Å². The second-order valence-corrected chi connectivity index (χ2v) is 8.52. The highest BCUT2D eigenvalue weighted by Crippen LogP contribution is 2.45. The van der Waals surface area contributed by atoms with Crippen molar-refractivity contribution in [3.8, 4) is 17.1 Å². The Hall–Kier alpha value is -3.57. The summed E-state index contributed by atoms with van der Waals surface area (Å²) in [4.78, 5) is 18.7. The molecule has 2 aliphatic heterocycles. The van der Waals surface area contributed by atoms with Crippen LogP contribution >= 0.6 is 0 Å². The summed E-state index contributed by atoms with van der Waals surface area (Å²) >= 11 is 0. The summed E-state index contributed by atoms with van der Waals surface area (Å²) in [5, 5.41) is 4.51. The van der Waals surface area contributed by atoms with Gasteiger partial charge in [-0.05, 0) is 43.9 Å². The lowest BCUT2D eigenvalue weighted by molar-refractivity contribution is -0.276. The number of carbonyl (C=O) groups excluding carboxylic acids is 1. The molecular formula is C23H18F6N4O2. The molecule has 6 nitrogen and oxygen atoms in total. The minimum Gasteiger partial charge on any atom is -0.388 e. The highest BCUT2D eigenvalue weighted by Gasteiger charge is 2.44. The molecule has 3 aromatic rings. The van der Waals surface area contributed by atoms with Crippen LogP contribution in [0.4, 0.5) is 26.3 Å². The Morgan fingerprint density at radius 3 is 2.51 bits per heavy atom. The SMILES string of the molecule is Cn1nc2c(c1-c1cc(F)c(F)c(F)c1)CC1CCCC2N1C(=O)c1cccc(OC(F)(F)F)n1. The van der Waals surface area contributed by atoms with E-state index in [1.807, 2.05) is 0 Å². The van der Waals surface area contributed by atoms with Crippen LogP contribution in [0.5, 0.6) is 5.88 Å². The summed E-state index contributed by atoms with van der Waals surface area (Å²) in [5.74, 6) is -5.53. The maximum absolute atomic E-state index is 13.9. The van der Waals surface area contributed by atoms with E-state index in [1.165, 1.54) is 16.8 Å². The van der Waals surface area contributed by atoms with E-state index in [0.717, 1.165) is 24.6 Å². The van der Waals surface area contributed by atoms with Gasteiger partial charge in [-0.3, -0.25) is 9.48 Å². The number of rotatable bonds is 3. The lowest BCUT2D eigenvalue weighted by Crippen LogP contribution is -2.50. The van der Waals surface area contributed by atoms with Crippen LogP contribution in [0.25, 0.3) is 11.3 Å². The first-order valence-electron chi connectivity index (χ1n) is 10.8. The molecule has 184 valence electrons. The number of nitrogens with zero attached hydrogens (tertiary/aromatic N) is 4. The van der Waals surface area contributed by atoms with E-state index < -0.39 is 41.6 Å². The van der Waals surface area contributed by atoms with Gasteiger partial charge < -0.3 is 9.64 Å². The van der Waals surface area contributed by atoms with Crippen LogP contribution in [0, 0.1) is 17.5 Å². The van der Waals surface area contributed by atoms with Crippen LogP contribution in [-0.2, 0) is 13.5 Å². The van der Waals surface area contributed by atoms with Crippen molar-refractivity contribution in [2.45, 2.75) is 44.1 Å². The predicted octanol–water partition coefficient (Wildman–Crippen LogP) is 5.09. The zero-order valence-electron chi connectivity index (χ0n) is 18.2. The van der Waals surface area contributed by atoms with Crippen molar-refractivity contribution in [1.82, 2.24) is 19.7 Å². The molecule has 2 unspecified atom stereocenters. The van der Waals surface area contributed by atoms with Crippen LogP contribution in [0.3, 0.4) is 0 Å². The number of fused-ring (bicyclic) bond motifs is 4. The van der Waals surface area contributed by atoms with Crippen molar-refractivity contribution in [2.75, 3.05) is 0 Å². The minimum atomic E-state index is -4.95. The van der Waals surface area contributed by atoms with Gasteiger partial charge in [0.25, 0.3) is 5.91 Å². The molecule has 0 spiro atoms. The molecule has 0 N–H and O–H groups in total. The Balaban J connectivity index is 1.53. The highest BCUT2D eigenvalue weighted by atomic mass is 19.4. The molecule has 2 atom stereocenters. The summed E-state index contributed by atoms with van der Waals surface area (Å²) in [6.07, 6.45) is -2.71. The van der Waals surface area contributed by atoms with E-state index in [2.05, 4.69) is 14.8 Å². The molecule has 1 fully saturated rings. The lowest BCUT2D eigenvalue weighted by atomic mass is 9.81. The Labute approximate surface area is 195 Å². The van der Waals surface area contributed by atoms with Crippen LogP contribution in [0.15, 0.2) is 30.3 Å². The van der Waals surface area contributed by atoms with Crippen molar-refractivity contribution in [3.63, 3.8) is 0 Å². The van der Waals surface area contributed by atoms with Gasteiger partial charge in [0.1, 0.15) is 5.69 Å². The number of halogens is 6. The van der Waals surface area contributed by atoms with Gasteiger partial charge in [0.2, 0.25) is 5.88 Å². The zero-order chi connectivity index (χ0) is 25.1. The number of amides is 1. The highest BCUT2D eigenvalue weighted by molar-refractivity contribution is 5.93. The van der Waals surface area contributed by atoms with Gasteiger partial charge in [-0.1, -0.05) is 6.07 Å². The summed E-state index contributed by atoms with van der Waals surface area (Å²) in [5.41, 5.74) is 1.55. The van der Waals surface area contributed by atoms with E-state index >= 15 is 0 Å². The number of hydrogen-bond acceptors (Lipinski definition) is 4. The Kier molecular flexibility index (Phi) is 5.48. The molecule has 2 bridgehead atoms. The van der Waals surface area contributed by atoms with Crippen molar-refractivity contribution in [3.05, 3.63) is 64.7 Å². The number of carbonyl (C=O) groups is 1. The predicted molar refractivity (Wildman–Crippen MR) is 110 cm³/mol. The molecule has 1 aromatic carbocycles. The number of piperidine rings is 1. The Morgan fingerprint density at radius 1 is 1.11 bits per heavy atom. The third-order valence-corrected chi connectivity index (χ3v) is 6.33. The smallest absolute Gasteiger partial charge is 0.388 e. The van der Waals surface area contributed by atoms with Crippen molar-refractivity contribution in [1.29, 1.82) is 0 Å². The fraction of sp³-hybridized carbons (Fsp3) is 0.348. The molecule has 0 aliphatic carbocycles. The van der Waals surface area contributed by atoms with Gasteiger partial charge in [-0.2, -0.15) is 5.10 Å². The molecule has 2 aliphatic rings. The van der Waals surface area contributed by atoms with Gasteiger partial charge in [0, 0.05) is 30.3 Å². The Bertz CT molecular complexity index is 1300. The quantitative estimate of drug-likeness (QED) is 0.375. The number of hydrogen-bond donors (Lipinski definition) is 0. The summed E-state index contributed by atoms with van der Waals surface area (Å²) in [7, 11) is 1.59. The monoisotopic (exact) mass is 496 g/mol. The Morgan fingerprint density at radius 2 is 1.83 bits per heavy atom. The van der Waals surface area contributed by atoms with E-state index in [9.17, 15) is 31.1 Å². The average molecular weight is 496 g/mol. The van der Waals surface area contributed by atoms with E-state index in [-0.39, 0.29) is 17.3 Å². The summed E-state index contributed by atoms with van der Waals surface area (Å²) in [6.45, 7) is 0. The summed E-state index contributed by atoms with van der Waals surface area (Å²) < 4.78 is 84.4. The molecule has 1 saturated heterocycles. The minimum absolute atomic E-state index is 0.120. The molecule has 0 radical (unpaired) electrons. The average Bonchev–Trinajstić information content (AvgIpc) is 3.11.